The lowest BCUT2D eigenvalue weighted by molar-refractivity contribution is -0.0201. The van der Waals surface area contributed by atoms with Crippen LogP contribution >= 0.6 is 0 Å². The summed E-state index contributed by atoms with van der Waals surface area (Å²) in [5, 5.41) is 8.94. The summed E-state index contributed by atoms with van der Waals surface area (Å²) >= 11 is 0. The number of hydrogen-bond donors (Lipinski definition) is 1. The van der Waals surface area contributed by atoms with Gasteiger partial charge in [0.15, 0.2) is 0 Å². The average Bonchev–Trinajstić information content (AvgIpc) is 2.79. The Balaban J connectivity index is 1.93. The molecule has 0 heterocycles. The Morgan fingerprint density at radius 3 is 1.59 bits per heavy atom. The highest BCUT2D eigenvalue weighted by atomic mass is 16.5. The van der Waals surface area contributed by atoms with E-state index >= 15 is 0 Å². The van der Waals surface area contributed by atoms with Crippen molar-refractivity contribution >= 4 is 0 Å². The predicted octanol–water partition coefficient (Wildman–Crippen LogP) is 5.17. The summed E-state index contributed by atoms with van der Waals surface area (Å²) in [6.45, 7) is 3.33. The third-order valence-electron chi connectivity index (χ3n) is 5.09. The van der Waals surface area contributed by atoms with Crippen molar-refractivity contribution < 1.29 is 14.6 Å². The van der Waals surface area contributed by atoms with Crippen LogP contribution in [0, 0.1) is 0 Å². The Labute approximate surface area is 173 Å². The van der Waals surface area contributed by atoms with Gasteiger partial charge in [0.25, 0.3) is 0 Å². The van der Waals surface area contributed by atoms with Gasteiger partial charge in [-0.25, -0.2) is 0 Å². The molecule has 0 aliphatic heterocycles. The number of hydrogen-bond acceptors (Lipinski definition) is 3. The fourth-order valence-corrected chi connectivity index (χ4v) is 3.58. The largest absolute Gasteiger partial charge is 0.396 e. The van der Waals surface area contributed by atoms with E-state index in [-0.39, 0.29) is 12.7 Å². The van der Waals surface area contributed by atoms with Crippen LogP contribution in [-0.2, 0) is 15.1 Å². The molecular weight excluding hydrogens is 360 g/mol. The SMILES string of the molecule is CC(CCOC(c1ccccc1)(c1ccccc1)c1ccccc1)OCCCO. The zero-order chi connectivity index (χ0) is 20.4. The molecule has 0 bridgehead atoms. The maximum atomic E-state index is 8.94. The molecule has 1 unspecified atom stereocenters. The molecule has 0 spiro atoms. The molecule has 0 aromatic heterocycles. The predicted molar refractivity (Wildman–Crippen MR) is 117 cm³/mol. The molecular formula is C26H30O3. The van der Waals surface area contributed by atoms with Crippen LogP contribution in [0.2, 0.25) is 0 Å². The summed E-state index contributed by atoms with van der Waals surface area (Å²) < 4.78 is 12.5. The quantitative estimate of drug-likeness (QED) is 0.362. The first kappa shape index (κ1) is 21.3. The summed E-state index contributed by atoms with van der Waals surface area (Å²) in [6, 6.07) is 31.2. The lowest BCUT2D eigenvalue weighted by atomic mass is 9.80. The van der Waals surface area contributed by atoms with E-state index in [9.17, 15) is 0 Å². The normalized spacial score (nSPS) is 12.6. The minimum absolute atomic E-state index is 0.0709. The molecule has 0 aliphatic rings. The number of aliphatic hydroxyl groups is 1. The molecule has 152 valence electrons. The fourth-order valence-electron chi connectivity index (χ4n) is 3.58. The molecule has 1 atom stereocenters. The van der Waals surface area contributed by atoms with Gasteiger partial charge in [0, 0.05) is 13.2 Å². The number of rotatable bonds is 11. The minimum atomic E-state index is -0.686. The second kappa shape index (κ2) is 10.9. The Hall–Kier alpha value is -2.46. The lowest BCUT2D eigenvalue weighted by Crippen LogP contribution is -2.34. The van der Waals surface area contributed by atoms with Crippen molar-refractivity contribution in [2.24, 2.45) is 0 Å². The van der Waals surface area contributed by atoms with E-state index < -0.39 is 5.60 Å². The van der Waals surface area contributed by atoms with E-state index in [4.69, 9.17) is 14.6 Å². The molecule has 3 rings (SSSR count). The topological polar surface area (TPSA) is 38.7 Å². The molecule has 0 saturated carbocycles. The zero-order valence-electron chi connectivity index (χ0n) is 17.0. The fraction of sp³-hybridized carbons (Fsp3) is 0.308. The summed E-state index contributed by atoms with van der Waals surface area (Å²) in [5.41, 5.74) is 2.62. The molecule has 0 radical (unpaired) electrons. The molecule has 0 aliphatic carbocycles. The Kier molecular flexibility index (Phi) is 8.00. The Bertz CT molecular complexity index is 722. The van der Waals surface area contributed by atoms with Crippen LogP contribution in [0.3, 0.4) is 0 Å². The van der Waals surface area contributed by atoms with Crippen LogP contribution in [0.25, 0.3) is 0 Å². The second-order valence-corrected chi connectivity index (χ2v) is 7.17. The number of benzene rings is 3. The van der Waals surface area contributed by atoms with E-state index in [0.29, 0.717) is 19.6 Å². The highest BCUT2D eigenvalue weighted by Crippen LogP contribution is 2.40. The lowest BCUT2D eigenvalue weighted by Gasteiger charge is -2.36. The van der Waals surface area contributed by atoms with Crippen molar-refractivity contribution in [2.45, 2.75) is 31.5 Å². The molecule has 1 N–H and O–H groups in total. The van der Waals surface area contributed by atoms with E-state index in [2.05, 4.69) is 79.7 Å². The van der Waals surface area contributed by atoms with Crippen molar-refractivity contribution in [3.8, 4) is 0 Å². The molecule has 3 aromatic carbocycles. The average molecular weight is 391 g/mol. The van der Waals surface area contributed by atoms with E-state index in [1.807, 2.05) is 18.2 Å². The summed E-state index contributed by atoms with van der Waals surface area (Å²) in [5.74, 6) is 0. The first-order valence-corrected chi connectivity index (χ1v) is 10.3. The molecule has 3 aromatic rings. The first-order chi connectivity index (χ1) is 14.3. The Morgan fingerprint density at radius 1 is 0.724 bits per heavy atom. The minimum Gasteiger partial charge on any atom is -0.396 e. The highest BCUT2D eigenvalue weighted by Gasteiger charge is 2.37. The van der Waals surface area contributed by atoms with Gasteiger partial charge >= 0.3 is 0 Å². The number of ether oxygens (including phenoxy) is 2. The summed E-state index contributed by atoms with van der Waals surface area (Å²) in [7, 11) is 0. The molecule has 3 nitrogen and oxygen atoms in total. The van der Waals surface area contributed by atoms with Gasteiger partial charge < -0.3 is 14.6 Å². The molecule has 0 amide bonds. The van der Waals surface area contributed by atoms with Gasteiger partial charge in [-0.05, 0) is 36.5 Å². The van der Waals surface area contributed by atoms with Crippen molar-refractivity contribution in [1.82, 2.24) is 0 Å². The van der Waals surface area contributed by atoms with Crippen LogP contribution in [0.5, 0.6) is 0 Å². The van der Waals surface area contributed by atoms with Gasteiger partial charge in [0.05, 0.1) is 12.7 Å². The van der Waals surface area contributed by atoms with Crippen molar-refractivity contribution in [1.29, 1.82) is 0 Å². The van der Waals surface area contributed by atoms with Crippen LogP contribution in [0.15, 0.2) is 91.0 Å². The van der Waals surface area contributed by atoms with Crippen molar-refractivity contribution in [3.63, 3.8) is 0 Å². The van der Waals surface area contributed by atoms with E-state index in [1.165, 1.54) is 0 Å². The summed E-state index contributed by atoms with van der Waals surface area (Å²) in [6.07, 6.45) is 1.51. The maximum Gasteiger partial charge on any atom is 0.143 e. The van der Waals surface area contributed by atoms with Gasteiger partial charge in [0.2, 0.25) is 0 Å². The van der Waals surface area contributed by atoms with Gasteiger partial charge in [0.1, 0.15) is 5.60 Å². The van der Waals surface area contributed by atoms with E-state index in [1.54, 1.807) is 0 Å². The van der Waals surface area contributed by atoms with E-state index in [0.717, 1.165) is 23.1 Å². The molecule has 0 fully saturated rings. The van der Waals surface area contributed by atoms with Crippen LogP contribution in [-0.4, -0.2) is 31.0 Å². The zero-order valence-corrected chi connectivity index (χ0v) is 17.0. The van der Waals surface area contributed by atoms with Crippen molar-refractivity contribution in [2.75, 3.05) is 19.8 Å². The third kappa shape index (κ3) is 5.33. The second-order valence-electron chi connectivity index (χ2n) is 7.17. The van der Waals surface area contributed by atoms with Crippen molar-refractivity contribution in [3.05, 3.63) is 108 Å². The first-order valence-electron chi connectivity index (χ1n) is 10.3. The van der Waals surface area contributed by atoms with Crippen LogP contribution in [0.4, 0.5) is 0 Å². The van der Waals surface area contributed by atoms with Gasteiger partial charge in [-0.1, -0.05) is 91.0 Å². The monoisotopic (exact) mass is 390 g/mol. The highest BCUT2D eigenvalue weighted by molar-refractivity contribution is 5.47. The number of aliphatic hydroxyl groups excluding tert-OH is 1. The molecule has 29 heavy (non-hydrogen) atoms. The standard InChI is InChI=1S/C26H30O3/c1-22(28-20-11-19-27)18-21-29-26(23-12-5-2-6-13-23,24-14-7-3-8-15-24)25-16-9-4-10-17-25/h2-10,12-17,22,27H,11,18-21H2,1H3. The maximum absolute atomic E-state index is 8.94. The van der Waals surface area contributed by atoms with Gasteiger partial charge in [-0.2, -0.15) is 0 Å². The smallest absolute Gasteiger partial charge is 0.143 e. The Morgan fingerprint density at radius 2 is 1.17 bits per heavy atom. The molecule has 3 heteroatoms. The van der Waals surface area contributed by atoms with Crippen LogP contribution < -0.4 is 0 Å². The van der Waals surface area contributed by atoms with Crippen LogP contribution in [0.1, 0.15) is 36.5 Å². The summed E-state index contributed by atoms with van der Waals surface area (Å²) in [4.78, 5) is 0. The molecule has 0 saturated heterocycles. The van der Waals surface area contributed by atoms with Gasteiger partial charge in [-0.15, -0.1) is 0 Å². The third-order valence-corrected chi connectivity index (χ3v) is 5.09. The van der Waals surface area contributed by atoms with Gasteiger partial charge in [-0.3, -0.25) is 0 Å².